The highest BCUT2D eigenvalue weighted by atomic mass is 19.3. The fourth-order valence-corrected chi connectivity index (χ4v) is 5.40. The standard InChI is InChI=1S/C27H34F2N6O/c1-34-24(17-35-11-3-2-4-12-35)22(16-31-34)19-5-6-21-20(13-19)14-26(32-23(21)15-25(28)29)33-27(36)18-7-9-30-10-8-18/h5-6,13-14,16,18,25,30H,2-4,7-12,15,17H2,1H3,(H,32,33,36). The van der Waals surface area contributed by atoms with Crippen molar-refractivity contribution in [2.45, 2.75) is 51.5 Å². The summed E-state index contributed by atoms with van der Waals surface area (Å²) in [6.07, 6.45) is 4.13. The summed E-state index contributed by atoms with van der Waals surface area (Å²) < 4.78 is 28.7. The molecular weight excluding hydrogens is 462 g/mol. The number of pyridine rings is 1. The molecule has 3 aromatic rings. The van der Waals surface area contributed by atoms with Gasteiger partial charge in [-0.2, -0.15) is 5.10 Å². The number of carbonyl (C=O) groups excluding carboxylic acids is 1. The van der Waals surface area contributed by atoms with Gasteiger partial charge in [-0.3, -0.25) is 14.4 Å². The van der Waals surface area contributed by atoms with Crippen LogP contribution in [0.4, 0.5) is 14.6 Å². The second-order valence-corrected chi connectivity index (χ2v) is 9.96. The molecule has 0 saturated carbocycles. The maximum absolute atomic E-state index is 13.4. The minimum atomic E-state index is -2.52. The Kier molecular flexibility index (Phi) is 7.57. The highest BCUT2D eigenvalue weighted by molar-refractivity contribution is 5.96. The Labute approximate surface area is 210 Å². The molecule has 2 aliphatic rings. The minimum Gasteiger partial charge on any atom is -0.317 e. The number of nitrogens with zero attached hydrogens (tertiary/aromatic N) is 4. The van der Waals surface area contributed by atoms with Gasteiger partial charge in [0.25, 0.3) is 0 Å². The number of rotatable bonds is 7. The minimum absolute atomic E-state index is 0.0960. The lowest BCUT2D eigenvalue weighted by molar-refractivity contribution is -0.120. The van der Waals surface area contributed by atoms with E-state index in [1.54, 1.807) is 6.07 Å². The van der Waals surface area contributed by atoms with Crippen LogP contribution in [0.25, 0.3) is 21.9 Å². The number of nitrogens with one attached hydrogen (secondary N) is 2. The van der Waals surface area contributed by atoms with Crippen LogP contribution in [-0.2, 0) is 24.8 Å². The molecule has 0 spiro atoms. The van der Waals surface area contributed by atoms with Gasteiger partial charge in [-0.05, 0) is 74.9 Å². The van der Waals surface area contributed by atoms with E-state index in [4.69, 9.17) is 0 Å². The number of aryl methyl sites for hydroxylation is 1. The van der Waals surface area contributed by atoms with Crippen molar-refractivity contribution in [3.05, 3.63) is 41.9 Å². The van der Waals surface area contributed by atoms with E-state index in [2.05, 4.69) is 25.6 Å². The van der Waals surface area contributed by atoms with Crippen LogP contribution in [0.3, 0.4) is 0 Å². The predicted molar refractivity (Wildman–Crippen MR) is 137 cm³/mol. The fourth-order valence-electron chi connectivity index (χ4n) is 5.40. The summed E-state index contributed by atoms with van der Waals surface area (Å²) in [5.41, 5.74) is 3.46. The third-order valence-corrected chi connectivity index (χ3v) is 7.41. The maximum atomic E-state index is 13.4. The van der Waals surface area contributed by atoms with Crippen molar-refractivity contribution in [1.82, 2.24) is 25.0 Å². The van der Waals surface area contributed by atoms with Crippen LogP contribution in [0, 0.1) is 5.92 Å². The smallest absolute Gasteiger partial charge is 0.244 e. The van der Waals surface area contributed by atoms with Crippen LogP contribution >= 0.6 is 0 Å². The Hall–Kier alpha value is -2.91. The lowest BCUT2D eigenvalue weighted by Gasteiger charge is -2.26. The van der Waals surface area contributed by atoms with Gasteiger partial charge >= 0.3 is 0 Å². The second-order valence-electron chi connectivity index (χ2n) is 9.96. The second kappa shape index (κ2) is 11.0. The number of aromatic nitrogens is 3. The molecule has 36 heavy (non-hydrogen) atoms. The van der Waals surface area contributed by atoms with E-state index in [1.807, 2.05) is 36.1 Å². The SMILES string of the molecule is Cn1ncc(-c2ccc3c(CC(F)F)nc(NC(=O)C4CCNCC4)cc3c2)c1CN1CCCCC1. The largest absolute Gasteiger partial charge is 0.317 e. The summed E-state index contributed by atoms with van der Waals surface area (Å²) in [7, 11) is 1.96. The summed E-state index contributed by atoms with van der Waals surface area (Å²) >= 11 is 0. The molecule has 2 fully saturated rings. The molecule has 9 heteroatoms. The molecule has 4 heterocycles. The molecule has 7 nitrogen and oxygen atoms in total. The van der Waals surface area contributed by atoms with E-state index in [9.17, 15) is 13.6 Å². The Bertz CT molecular complexity index is 1210. The first kappa shape index (κ1) is 24.8. The molecule has 0 atom stereocenters. The van der Waals surface area contributed by atoms with E-state index in [-0.39, 0.29) is 11.8 Å². The molecule has 0 aliphatic carbocycles. The molecule has 1 aromatic carbocycles. The predicted octanol–water partition coefficient (Wildman–Crippen LogP) is 4.37. The molecule has 0 bridgehead atoms. The van der Waals surface area contributed by atoms with Crippen molar-refractivity contribution < 1.29 is 13.6 Å². The number of piperidine rings is 2. The van der Waals surface area contributed by atoms with Gasteiger partial charge in [0.1, 0.15) is 5.82 Å². The zero-order valence-corrected chi connectivity index (χ0v) is 20.8. The Morgan fingerprint density at radius 3 is 2.69 bits per heavy atom. The number of likely N-dealkylation sites (tertiary alicyclic amines) is 1. The molecule has 0 unspecified atom stereocenters. The molecular formula is C27H34F2N6O. The number of halogens is 2. The zero-order chi connectivity index (χ0) is 25.1. The molecule has 2 aromatic heterocycles. The molecule has 1 amide bonds. The summed E-state index contributed by atoms with van der Waals surface area (Å²) in [6, 6.07) is 7.63. The Balaban J connectivity index is 1.48. The van der Waals surface area contributed by atoms with Gasteiger partial charge in [-0.15, -0.1) is 0 Å². The Morgan fingerprint density at radius 1 is 1.17 bits per heavy atom. The van der Waals surface area contributed by atoms with E-state index in [0.29, 0.717) is 16.9 Å². The molecule has 0 radical (unpaired) electrons. The average Bonchev–Trinajstić information content (AvgIpc) is 3.24. The zero-order valence-electron chi connectivity index (χ0n) is 20.8. The number of amides is 1. The quantitative estimate of drug-likeness (QED) is 0.508. The number of anilines is 1. The van der Waals surface area contributed by atoms with Gasteiger partial charge in [0.15, 0.2) is 0 Å². The van der Waals surface area contributed by atoms with Crippen molar-refractivity contribution in [3.63, 3.8) is 0 Å². The van der Waals surface area contributed by atoms with Crippen LogP contribution in [-0.4, -0.2) is 58.2 Å². The van der Waals surface area contributed by atoms with Crippen LogP contribution in [0.1, 0.15) is 43.5 Å². The van der Waals surface area contributed by atoms with E-state index < -0.39 is 12.8 Å². The third kappa shape index (κ3) is 5.57. The highest BCUT2D eigenvalue weighted by Gasteiger charge is 2.22. The van der Waals surface area contributed by atoms with Crippen molar-refractivity contribution in [2.75, 3.05) is 31.5 Å². The van der Waals surface area contributed by atoms with Crippen LogP contribution in [0.2, 0.25) is 0 Å². The summed E-state index contributed by atoms with van der Waals surface area (Å²) in [5.74, 6) is 0.138. The van der Waals surface area contributed by atoms with E-state index >= 15 is 0 Å². The van der Waals surface area contributed by atoms with Gasteiger partial charge in [-0.1, -0.05) is 18.6 Å². The maximum Gasteiger partial charge on any atom is 0.244 e. The first-order valence-corrected chi connectivity index (χ1v) is 12.9. The topological polar surface area (TPSA) is 75.1 Å². The molecule has 5 rings (SSSR count). The average molecular weight is 497 g/mol. The van der Waals surface area contributed by atoms with Crippen molar-refractivity contribution in [3.8, 4) is 11.1 Å². The van der Waals surface area contributed by atoms with Crippen LogP contribution in [0.15, 0.2) is 30.5 Å². The van der Waals surface area contributed by atoms with Crippen LogP contribution < -0.4 is 10.6 Å². The molecule has 2 saturated heterocycles. The number of fused-ring (bicyclic) bond motifs is 1. The molecule has 192 valence electrons. The van der Waals surface area contributed by atoms with Crippen molar-refractivity contribution in [1.29, 1.82) is 0 Å². The lowest BCUT2D eigenvalue weighted by atomic mass is 9.97. The van der Waals surface area contributed by atoms with Gasteiger partial charge in [0.2, 0.25) is 12.3 Å². The van der Waals surface area contributed by atoms with E-state index in [1.165, 1.54) is 19.3 Å². The summed E-state index contributed by atoms with van der Waals surface area (Å²) in [6.45, 7) is 4.60. The summed E-state index contributed by atoms with van der Waals surface area (Å²) in [4.78, 5) is 19.7. The Morgan fingerprint density at radius 2 is 1.94 bits per heavy atom. The number of benzene rings is 1. The highest BCUT2D eigenvalue weighted by Crippen LogP contribution is 2.31. The fraction of sp³-hybridized carbons (Fsp3) is 0.519. The number of alkyl halides is 2. The monoisotopic (exact) mass is 496 g/mol. The normalized spacial score (nSPS) is 17.7. The van der Waals surface area contributed by atoms with Gasteiger partial charge < -0.3 is 10.6 Å². The first-order valence-electron chi connectivity index (χ1n) is 12.9. The third-order valence-electron chi connectivity index (χ3n) is 7.41. The number of hydrogen-bond acceptors (Lipinski definition) is 5. The first-order chi connectivity index (χ1) is 17.5. The van der Waals surface area contributed by atoms with Gasteiger partial charge in [0, 0.05) is 30.5 Å². The molecule has 2 N–H and O–H groups in total. The van der Waals surface area contributed by atoms with E-state index in [0.717, 1.165) is 67.8 Å². The van der Waals surface area contributed by atoms with Crippen molar-refractivity contribution >= 4 is 22.5 Å². The molecule has 2 aliphatic heterocycles. The number of hydrogen-bond donors (Lipinski definition) is 2. The van der Waals surface area contributed by atoms with Gasteiger partial charge in [0.05, 0.1) is 24.0 Å². The summed E-state index contributed by atoms with van der Waals surface area (Å²) in [5, 5.41) is 12.1. The van der Waals surface area contributed by atoms with Crippen LogP contribution in [0.5, 0.6) is 0 Å². The lowest BCUT2D eigenvalue weighted by Crippen LogP contribution is -2.34. The number of carbonyl (C=O) groups is 1. The van der Waals surface area contributed by atoms with Gasteiger partial charge in [-0.25, -0.2) is 13.8 Å². The van der Waals surface area contributed by atoms with Crippen molar-refractivity contribution in [2.24, 2.45) is 13.0 Å².